The second-order valence-corrected chi connectivity index (χ2v) is 5.50. The molecule has 1 aliphatic rings. The van der Waals surface area contributed by atoms with E-state index in [2.05, 4.69) is 11.5 Å². The molecule has 2 amide bonds. The lowest BCUT2D eigenvalue weighted by Crippen LogP contribution is -2.41. The van der Waals surface area contributed by atoms with Crippen molar-refractivity contribution in [2.75, 3.05) is 13.1 Å². The number of aromatic nitrogens is 1. The van der Waals surface area contributed by atoms with Crippen LogP contribution in [0, 0.1) is 19.8 Å². The number of carbonyl (C=O) groups is 2. The Balaban J connectivity index is 2.11. The Morgan fingerprint density at radius 3 is 2.35 bits per heavy atom. The lowest BCUT2D eigenvalue weighted by molar-refractivity contribution is -0.123. The summed E-state index contributed by atoms with van der Waals surface area (Å²) in [5, 5.41) is 0. The van der Waals surface area contributed by atoms with Gasteiger partial charge in [0.1, 0.15) is 0 Å². The third-order valence-corrected chi connectivity index (χ3v) is 4.30. The van der Waals surface area contributed by atoms with Crippen LogP contribution in [0.4, 0.5) is 0 Å². The van der Waals surface area contributed by atoms with Crippen LogP contribution in [0.5, 0.6) is 0 Å². The molecule has 5 heteroatoms. The van der Waals surface area contributed by atoms with Crippen molar-refractivity contribution in [2.45, 2.75) is 40.2 Å². The fraction of sp³-hybridized carbons (Fsp3) is 0.600. The van der Waals surface area contributed by atoms with E-state index >= 15 is 0 Å². The molecule has 20 heavy (non-hydrogen) atoms. The van der Waals surface area contributed by atoms with Crippen LogP contribution in [0.25, 0.3) is 0 Å². The number of primary amides is 1. The fourth-order valence-corrected chi connectivity index (χ4v) is 3.04. The third kappa shape index (κ3) is 2.57. The summed E-state index contributed by atoms with van der Waals surface area (Å²) in [6, 6.07) is 1.96. The maximum absolute atomic E-state index is 12.6. The van der Waals surface area contributed by atoms with Gasteiger partial charge in [0.2, 0.25) is 5.91 Å². The van der Waals surface area contributed by atoms with Crippen molar-refractivity contribution in [3.8, 4) is 0 Å². The summed E-state index contributed by atoms with van der Waals surface area (Å²) in [4.78, 5) is 25.6. The number of carbonyl (C=O) groups excluding carboxylic acids is 2. The van der Waals surface area contributed by atoms with Crippen LogP contribution in [0.3, 0.4) is 0 Å². The van der Waals surface area contributed by atoms with Crippen molar-refractivity contribution in [1.29, 1.82) is 0 Å². The van der Waals surface area contributed by atoms with Crippen molar-refractivity contribution < 1.29 is 9.59 Å². The van der Waals surface area contributed by atoms with Gasteiger partial charge in [0.15, 0.2) is 0 Å². The van der Waals surface area contributed by atoms with E-state index in [0.29, 0.717) is 25.9 Å². The molecule has 1 saturated heterocycles. The van der Waals surface area contributed by atoms with E-state index in [0.717, 1.165) is 23.5 Å². The van der Waals surface area contributed by atoms with Crippen LogP contribution in [0.2, 0.25) is 0 Å². The van der Waals surface area contributed by atoms with E-state index in [1.165, 1.54) is 0 Å². The normalized spacial score (nSPS) is 16.4. The molecule has 1 fully saturated rings. The zero-order valence-electron chi connectivity index (χ0n) is 12.5. The number of aryl methyl sites for hydroxylation is 1. The van der Waals surface area contributed by atoms with Crippen molar-refractivity contribution in [1.82, 2.24) is 9.47 Å². The summed E-state index contributed by atoms with van der Waals surface area (Å²) < 4.78 is 2.14. The van der Waals surface area contributed by atoms with Crippen LogP contribution in [-0.4, -0.2) is 34.4 Å². The van der Waals surface area contributed by atoms with E-state index in [-0.39, 0.29) is 17.7 Å². The highest BCUT2D eigenvalue weighted by Crippen LogP contribution is 2.22. The molecule has 2 rings (SSSR count). The molecule has 1 aromatic rings. The first-order valence-corrected chi connectivity index (χ1v) is 7.21. The first-order chi connectivity index (χ1) is 9.45. The summed E-state index contributed by atoms with van der Waals surface area (Å²) in [6.45, 7) is 8.18. The zero-order valence-corrected chi connectivity index (χ0v) is 12.5. The topological polar surface area (TPSA) is 68.3 Å². The molecule has 2 N–H and O–H groups in total. The quantitative estimate of drug-likeness (QED) is 0.909. The lowest BCUT2D eigenvalue weighted by atomic mass is 9.96. The number of rotatable bonds is 3. The summed E-state index contributed by atoms with van der Waals surface area (Å²) in [5.41, 5.74) is 8.23. The van der Waals surface area contributed by atoms with Gasteiger partial charge in [-0.1, -0.05) is 0 Å². The molecular formula is C15H23N3O2. The van der Waals surface area contributed by atoms with Crippen molar-refractivity contribution in [3.05, 3.63) is 23.0 Å². The largest absolute Gasteiger partial charge is 0.369 e. The van der Waals surface area contributed by atoms with E-state index in [1.54, 1.807) is 0 Å². The van der Waals surface area contributed by atoms with Gasteiger partial charge < -0.3 is 15.2 Å². The minimum atomic E-state index is -0.249. The van der Waals surface area contributed by atoms with Gasteiger partial charge in [-0.15, -0.1) is 0 Å². The summed E-state index contributed by atoms with van der Waals surface area (Å²) in [7, 11) is 0. The Hall–Kier alpha value is -1.78. The molecule has 0 bridgehead atoms. The molecule has 0 spiro atoms. The highest BCUT2D eigenvalue weighted by Gasteiger charge is 2.28. The summed E-state index contributed by atoms with van der Waals surface area (Å²) >= 11 is 0. The summed E-state index contributed by atoms with van der Waals surface area (Å²) in [5.74, 6) is -0.260. The second-order valence-electron chi connectivity index (χ2n) is 5.50. The van der Waals surface area contributed by atoms with Gasteiger partial charge in [0, 0.05) is 36.9 Å². The van der Waals surface area contributed by atoms with Gasteiger partial charge in [-0.2, -0.15) is 0 Å². The Morgan fingerprint density at radius 2 is 1.90 bits per heavy atom. The Morgan fingerprint density at radius 1 is 1.30 bits per heavy atom. The standard InChI is InChI=1S/C15H23N3O2/c1-4-18-10(2)9-13(11(18)3)15(20)17-7-5-12(6-8-17)14(16)19/h9,12H,4-8H2,1-3H3,(H2,16,19). The second kappa shape index (κ2) is 5.69. The molecule has 0 unspecified atom stereocenters. The Bertz CT molecular complexity index is 525. The maximum atomic E-state index is 12.6. The number of hydrogen-bond donors (Lipinski definition) is 1. The van der Waals surface area contributed by atoms with Gasteiger partial charge in [-0.3, -0.25) is 9.59 Å². The molecule has 0 atom stereocenters. The van der Waals surface area contributed by atoms with Crippen LogP contribution in [-0.2, 0) is 11.3 Å². The van der Waals surface area contributed by atoms with E-state index in [9.17, 15) is 9.59 Å². The lowest BCUT2D eigenvalue weighted by Gasteiger charge is -2.30. The number of nitrogens with two attached hydrogens (primary N) is 1. The molecule has 0 aromatic carbocycles. The Kier molecular flexibility index (Phi) is 4.16. The third-order valence-electron chi connectivity index (χ3n) is 4.30. The molecule has 0 radical (unpaired) electrons. The summed E-state index contributed by atoms with van der Waals surface area (Å²) in [6.07, 6.45) is 1.35. The smallest absolute Gasteiger partial charge is 0.255 e. The van der Waals surface area contributed by atoms with E-state index < -0.39 is 0 Å². The molecule has 0 saturated carbocycles. The van der Waals surface area contributed by atoms with Crippen LogP contribution in [0.15, 0.2) is 6.07 Å². The maximum Gasteiger partial charge on any atom is 0.255 e. The first-order valence-electron chi connectivity index (χ1n) is 7.21. The van der Waals surface area contributed by atoms with Gasteiger partial charge in [-0.05, 0) is 39.7 Å². The molecule has 5 nitrogen and oxygen atoms in total. The molecule has 2 heterocycles. The highest BCUT2D eigenvalue weighted by molar-refractivity contribution is 5.96. The monoisotopic (exact) mass is 277 g/mol. The van der Waals surface area contributed by atoms with Gasteiger partial charge >= 0.3 is 0 Å². The molecule has 110 valence electrons. The van der Waals surface area contributed by atoms with Gasteiger partial charge in [0.05, 0.1) is 5.56 Å². The molecule has 0 aliphatic carbocycles. The van der Waals surface area contributed by atoms with E-state index in [4.69, 9.17) is 5.73 Å². The zero-order chi connectivity index (χ0) is 14.9. The minimum Gasteiger partial charge on any atom is -0.369 e. The van der Waals surface area contributed by atoms with Gasteiger partial charge in [-0.25, -0.2) is 0 Å². The molecule has 1 aliphatic heterocycles. The highest BCUT2D eigenvalue weighted by atomic mass is 16.2. The number of hydrogen-bond acceptors (Lipinski definition) is 2. The van der Waals surface area contributed by atoms with Crippen molar-refractivity contribution >= 4 is 11.8 Å². The number of nitrogens with zero attached hydrogens (tertiary/aromatic N) is 2. The number of likely N-dealkylation sites (tertiary alicyclic amines) is 1. The number of piperidine rings is 1. The predicted octanol–water partition coefficient (Wildman–Crippen LogP) is 1.46. The SMILES string of the molecule is CCn1c(C)cc(C(=O)N2CCC(C(N)=O)CC2)c1C. The van der Waals surface area contributed by atoms with Crippen LogP contribution < -0.4 is 5.73 Å². The predicted molar refractivity (Wildman–Crippen MR) is 77.4 cm³/mol. The van der Waals surface area contributed by atoms with Gasteiger partial charge in [0.25, 0.3) is 5.91 Å². The average Bonchev–Trinajstić information content (AvgIpc) is 2.72. The Labute approximate surface area is 119 Å². The average molecular weight is 277 g/mol. The molecular weight excluding hydrogens is 254 g/mol. The van der Waals surface area contributed by atoms with Crippen molar-refractivity contribution in [2.24, 2.45) is 11.7 Å². The van der Waals surface area contributed by atoms with Crippen LogP contribution in [0.1, 0.15) is 41.5 Å². The van der Waals surface area contributed by atoms with Crippen LogP contribution >= 0.6 is 0 Å². The van der Waals surface area contributed by atoms with Crippen molar-refractivity contribution in [3.63, 3.8) is 0 Å². The van der Waals surface area contributed by atoms with E-state index in [1.807, 2.05) is 24.8 Å². The first kappa shape index (κ1) is 14.6. The fourth-order valence-electron chi connectivity index (χ4n) is 3.04. The molecule has 1 aromatic heterocycles. The minimum absolute atomic E-state index is 0.0701. The number of amides is 2.